The molecule has 0 amide bonds. The predicted molar refractivity (Wildman–Crippen MR) is 74.6 cm³/mol. The number of benzene rings is 2. The Balaban J connectivity index is 2.04. The number of aromatic hydroxyl groups is 1. The Hall–Kier alpha value is -1.19. The number of nitrogens with one attached hydrogen (secondary N) is 1. The van der Waals surface area contributed by atoms with Crippen molar-refractivity contribution in [3.63, 3.8) is 0 Å². The highest BCUT2D eigenvalue weighted by molar-refractivity contribution is 9.10. The van der Waals surface area contributed by atoms with Crippen LogP contribution in [-0.2, 0) is 6.54 Å². The normalized spacial score (nSPS) is 10.2. The van der Waals surface area contributed by atoms with E-state index >= 15 is 0 Å². The van der Waals surface area contributed by atoms with Crippen LogP contribution >= 0.6 is 27.5 Å². The summed E-state index contributed by atoms with van der Waals surface area (Å²) < 4.78 is 0.968. The summed E-state index contributed by atoms with van der Waals surface area (Å²) in [5.41, 5.74) is 1.98. The summed E-state index contributed by atoms with van der Waals surface area (Å²) in [6, 6.07) is 12.7. The molecule has 0 spiro atoms. The molecular formula is C13H11BrClNO. The van der Waals surface area contributed by atoms with Crippen LogP contribution in [0.5, 0.6) is 5.75 Å². The third-order valence-corrected chi connectivity index (χ3v) is 3.21. The Morgan fingerprint density at radius 3 is 2.47 bits per heavy atom. The molecule has 4 heteroatoms. The van der Waals surface area contributed by atoms with Crippen LogP contribution in [0.15, 0.2) is 46.9 Å². The van der Waals surface area contributed by atoms with Crippen LogP contribution in [0.25, 0.3) is 0 Å². The highest BCUT2D eigenvalue weighted by Crippen LogP contribution is 2.22. The van der Waals surface area contributed by atoms with Gasteiger partial charge in [0.15, 0.2) is 0 Å². The van der Waals surface area contributed by atoms with Gasteiger partial charge < -0.3 is 10.4 Å². The van der Waals surface area contributed by atoms with Gasteiger partial charge in [0.1, 0.15) is 5.75 Å². The summed E-state index contributed by atoms with van der Waals surface area (Å²) in [6.45, 7) is 0.650. The standard InChI is InChI=1S/C13H11BrClNO/c14-10-2-1-9(13(15)7-10)8-16-11-3-5-12(17)6-4-11/h1-7,16-17H,8H2. The second kappa shape index (κ2) is 5.43. The zero-order valence-electron chi connectivity index (χ0n) is 8.95. The number of hydrogen-bond acceptors (Lipinski definition) is 2. The van der Waals surface area contributed by atoms with Gasteiger partial charge in [0.2, 0.25) is 0 Å². The van der Waals surface area contributed by atoms with Crippen molar-refractivity contribution in [3.05, 3.63) is 57.5 Å². The second-order valence-electron chi connectivity index (χ2n) is 3.64. The lowest BCUT2D eigenvalue weighted by Gasteiger charge is -2.08. The van der Waals surface area contributed by atoms with E-state index in [1.165, 1.54) is 0 Å². The molecule has 2 N–H and O–H groups in total. The molecule has 2 nitrogen and oxygen atoms in total. The van der Waals surface area contributed by atoms with Gasteiger partial charge in [-0.1, -0.05) is 33.6 Å². The van der Waals surface area contributed by atoms with E-state index in [4.69, 9.17) is 16.7 Å². The molecular weight excluding hydrogens is 302 g/mol. The van der Waals surface area contributed by atoms with Crippen LogP contribution in [0.1, 0.15) is 5.56 Å². The molecule has 0 aliphatic rings. The Morgan fingerprint density at radius 1 is 1.12 bits per heavy atom. The van der Waals surface area contributed by atoms with E-state index in [9.17, 15) is 0 Å². The number of anilines is 1. The van der Waals surface area contributed by atoms with Crippen LogP contribution in [0.3, 0.4) is 0 Å². The third-order valence-electron chi connectivity index (χ3n) is 2.37. The molecule has 0 aliphatic carbocycles. The first-order chi connectivity index (χ1) is 8.15. The van der Waals surface area contributed by atoms with Crippen molar-refractivity contribution in [1.29, 1.82) is 0 Å². The molecule has 2 aromatic carbocycles. The summed E-state index contributed by atoms with van der Waals surface area (Å²) in [4.78, 5) is 0. The molecule has 0 radical (unpaired) electrons. The maximum Gasteiger partial charge on any atom is 0.115 e. The van der Waals surface area contributed by atoms with Gasteiger partial charge in [-0.3, -0.25) is 0 Å². The first-order valence-electron chi connectivity index (χ1n) is 5.12. The molecule has 0 fully saturated rings. The molecule has 17 heavy (non-hydrogen) atoms. The van der Waals surface area contributed by atoms with Gasteiger partial charge in [-0.2, -0.15) is 0 Å². The minimum atomic E-state index is 0.261. The molecule has 0 saturated carbocycles. The van der Waals surface area contributed by atoms with Gasteiger partial charge >= 0.3 is 0 Å². The first-order valence-corrected chi connectivity index (χ1v) is 6.29. The van der Waals surface area contributed by atoms with Crippen LogP contribution in [0.4, 0.5) is 5.69 Å². The fraction of sp³-hybridized carbons (Fsp3) is 0.0769. The molecule has 0 atom stereocenters. The van der Waals surface area contributed by atoms with Crippen molar-refractivity contribution in [1.82, 2.24) is 0 Å². The summed E-state index contributed by atoms with van der Waals surface area (Å²) >= 11 is 9.48. The van der Waals surface area contributed by atoms with E-state index in [1.807, 2.05) is 30.3 Å². The lowest BCUT2D eigenvalue weighted by Crippen LogP contribution is -1.99. The number of phenols is 1. The number of rotatable bonds is 3. The largest absolute Gasteiger partial charge is 0.508 e. The molecule has 0 aromatic heterocycles. The van der Waals surface area contributed by atoms with Crippen LogP contribution in [0.2, 0.25) is 5.02 Å². The van der Waals surface area contributed by atoms with Gasteiger partial charge in [0.05, 0.1) is 0 Å². The SMILES string of the molecule is Oc1ccc(NCc2ccc(Br)cc2Cl)cc1. The predicted octanol–water partition coefficient (Wildman–Crippen LogP) is 4.42. The Labute approximate surface area is 113 Å². The van der Waals surface area contributed by atoms with Crippen molar-refractivity contribution in [2.45, 2.75) is 6.54 Å². The fourth-order valence-electron chi connectivity index (χ4n) is 1.44. The molecule has 0 aliphatic heterocycles. The number of phenolic OH excluding ortho intramolecular Hbond substituents is 1. The van der Waals surface area contributed by atoms with E-state index in [2.05, 4.69) is 21.2 Å². The summed E-state index contributed by atoms with van der Waals surface area (Å²) in [5, 5.41) is 13.1. The molecule has 0 saturated heterocycles. The zero-order valence-corrected chi connectivity index (χ0v) is 11.3. The van der Waals surface area contributed by atoms with Crippen LogP contribution < -0.4 is 5.32 Å². The topological polar surface area (TPSA) is 32.3 Å². The lowest BCUT2D eigenvalue weighted by atomic mass is 10.2. The summed E-state index contributed by atoms with van der Waals surface area (Å²) in [5.74, 6) is 0.261. The minimum Gasteiger partial charge on any atom is -0.508 e. The van der Waals surface area contributed by atoms with Gasteiger partial charge in [-0.15, -0.1) is 0 Å². The van der Waals surface area contributed by atoms with Gasteiger partial charge in [-0.25, -0.2) is 0 Å². The molecule has 2 rings (SSSR count). The van der Waals surface area contributed by atoms with E-state index in [1.54, 1.807) is 12.1 Å². The summed E-state index contributed by atoms with van der Waals surface area (Å²) in [6.07, 6.45) is 0. The van der Waals surface area contributed by atoms with E-state index < -0.39 is 0 Å². The molecule has 0 bridgehead atoms. The Bertz CT molecular complexity index is 513. The average molecular weight is 313 g/mol. The smallest absolute Gasteiger partial charge is 0.115 e. The monoisotopic (exact) mass is 311 g/mol. The van der Waals surface area contributed by atoms with Crippen molar-refractivity contribution >= 4 is 33.2 Å². The van der Waals surface area contributed by atoms with E-state index in [0.29, 0.717) is 6.54 Å². The second-order valence-corrected chi connectivity index (χ2v) is 4.96. The van der Waals surface area contributed by atoms with Gasteiger partial charge in [0.25, 0.3) is 0 Å². The maximum absolute atomic E-state index is 9.16. The van der Waals surface area contributed by atoms with Crippen molar-refractivity contribution < 1.29 is 5.11 Å². The van der Waals surface area contributed by atoms with E-state index in [0.717, 1.165) is 20.7 Å². The summed E-state index contributed by atoms with van der Waals surface area (Å²) in [7, 11) is 0. The van der Waals surface area contributed by atoms with Crippen molar-refractivity contribution in [2.24, 2.45) is 0 Å². The van der Waals surface area contributed by atoms with Crippen LogP contribution in [0, 0.1) is 0 Å². The third kappa shape index (κ3) is 3.38. The molecule has 88 valence electrons. The molecule has 2 aromatic rings. The molecule has 0 unspecified atom stereocenters. The highest BCUT2D eigenvalue weighted by Gasteiger charge is 2.01. The maximum atomic E-state index is 9.16. The lowest BCUT2D eigenvalue weighted by molar-refractivity contribution is 0.475. The quantitative estimate of drug-likeness (QED) is 0.822. The van der Waals surface area contributed by atoms with Crippen LogP contribution in [-0.4, -0.2) is 5.11 Å². The van der Waals surface area contributed by atoms with E-state index in [-0.39, 0.29) is 5.75 Å². The zero-order chi connectivity index (χ0) is 12.3. The fourth-order valence-corrected chi connectivity index (χ4v) is 2.18. The van der Waals surface area contributed by atoms with Gasteiger partial charge in [0, 0.05) is 21.7 Å². The Kier molecular flexibility index (Phi) is 3.92. The highest BCUT2D eigenvalue weighted by atomic mass is 79.9. The minimum absolute atomic E-state index is 0.261. The van der Waals surface area contributed by atoms with Crippen molar-refractivity contribution in [2.75, 3.05) is 5.32 Å². The van der Waals surface area contributed by atoms with Gasteiger partial charge in [-0.05, 0) is 42.0 Å². The number of halogens is 2. The first kappa shape index (κ1) is 12.3. The number of hydrogen-bond donors (Lipinski definition) is 2. The van der Waals surface area contributed by atoms with Crippen molar-refractivity contribution in [3.8, 4) is 5.75 Å². The average Bonchev–Trinajstić information content (AvgIpc) is 2.30. The Morgan fingerprint density at radius 2 is 1.82 bits per heavy atom. The molecule has 0 heterocycles.